The summed E-state index contributed by atoms with van der Waals surface area (Å²) in [5.74, 6) is -0.701. The largest absolute Gasteiger partial charge is 0.355 e. The number of nitrogens with one attached hydrogen (secondary N) is 2. The Morgan fingerprint density at radius 1 is 1.62 bits per heavy atom. The predicted molar refractivity (Wildman–Crippen MR) is 55.4 cm³/mol. The summed E-state index contributed by atoms with van der Waals surface area (Å²) in [6, 6.07) is 1.13. The highest BCUT2D eigenvalue weighted by molar-refractivity contribution is 5.93. The van der Waals surface area contributed by atoms with Crippen LogP contribution in [0.2, 0.25) is 0 Å². The predicted octanol–water partition coefficient (Wildman–Crippen LogP) is 1.25. The van der Waals surface area contributed by atoms with Gasteiger partial charge in [-0.2, -0.15) is 0 Å². The number of carbonyl (C=O) groups excluding carboxylic acids is 2. The lowest BCUT2D eigenvalue weighted by Gasteiger charge is -2.08. The molecule has 1 aromatic heterocycles. The lowest BCUT2D eigenvalue weighted by atomic mass is 10.1. The van der Waals surface area contributed by atoms with Crippen molar-refractivity contribution in [1.29, 1.82) is 0 Å². The summed E-state index contributed by atoms with van der Waals surface area (Å²) in [6.07, 6.45) is 3.46. The monoisotopic (exact) mass is 224 g/mol. The Morgan fingerprint density at radius 2 is 2.44 bits per heavy atom. The Bertz CT molecular complexity index is 414. The molecule has 0 unspecified atom stereocenters. The maximum atomic E-state index is 12.6. The second kappa shape index (κ2) is 4.47. The molecule has 0 spiro atoms. The van der Waals surface area contributed by atoms with Gasteiger partial charge in [0, 0.05) is 31.1 Å². The second-order valence-electron chi connectivity index (χ2n) is 4.00. The van der Waals surface area contributed by atoms with Crippen molar-refractivity contribution in [3.63, 3.8) is 0 Å². The molecule has 1 heterocycles. The highest BCUT2D eigenvalue weighted by Gasteiger charge is 2.24. The van der Waals surface area contributed by atoms with Gasteiger partial charge >= 0.3 is 0 Å². The van der Waals surface area contributed by atoms with Crippen molar-refractivity contribution in [1.82, 2.24) is 10.3 Å². The zero-order valence-electron chi connectivity index (χ0n) is 8.75. The molecular formula is C11H13FN2O2. The third-order valence-corrected chi connectivity index (χ3v) is 2.83. The summed E-state index contributed by atoms with van der Waals surface area (Å²) in [7, 11) is 0. The van der Waals surface area contributed by atoms with Crippen LogP contribution in [0.4, 0.5) is 4.39 Å². The number of halogens is 1. The Hall–Kier alpha value is -1.65. The standard InChI is InChI=1S/C11H13FN2O2/c12-8-4-9(13-6-8)11(16)14-5-7-2-1-3-10(7)15/h4,6-7,13H,1-3,5H2,(H,14,16)/t7-/m1/s1. The van der Waals surface area contributed by atoms with E-state index in [9.17, 15) is 14.0 Å². The summed E-state index contributed by atoms with van der Waals surface area (Å²) in [6.45, 7) is 0.346. The number of amides is 1. The zero-order chi connectivity index (χ0) is 11.5. The first-order valence-corrected chi connectivity index (χ1v) is 5.31. The normalized spacial score (nSPS) is 20.1. The molecule has 0 bridgehead atoms. The Morgan fingerprint density at radius 3 is 3.00 bits per heavy atom. The van der Waals surface area contributed by atoms with Crippen molar-refractivity contribution in [3.05, 3.63) is 23.8 Å². The molecule has 1 aliphatic rings. The molecule has 0 saturated heterocycles. The molecule has 2 rings (SSSR count). The second-order valence-corrected chi connectivity index (χ2v) is 4.00. The van der Waals surface area contributed by atoms with Crippen LogP contribution in [0.15, 0.2) is 12.3 Å². The fraction of sp³-hybridized carbons (Fsp3) is 0.455. The summed E-state index contributed by atoms with van der Waals surface area (Å²) >= 11 is 0. The van der Waals surface area contributed by atoms with Crippen molar-refractivity contribution in [3.8, 4) is 0 Å². The van der Waals surface area contributed by atoms with E-state index >= 15 is 0 Å². The third kappa shape index (κ3) is 2.29. The smallest absolute Gasteiger partial charge is 0.267 e. The fourth-order valence-electron chi connectivity index (χ4n) is 1.91. The molecule has 0 aromatic carbocycles. The maximum Gasteiger partial charge on any atom is 0.267 e. The van der Waals surface area contributed by atoms with Crippen LogP contribution < -0.4 is 5.32 Å². The van der Waals surface area contributed by atoms with Gasteiger partial charge in [0.25, 0.3) is 5.91 Å². The average Bonchev–Trinajstić information content (AvgIpc) is 2.84. The molecule has 5 heteroatoms. The van der Waals surface area contributed by atoms with Gasteiger partial charge in [0.05, 0.1) is 0 Å². The number of ketones is 1. The van der Waals surface area contributed by atoms with Gasteiger partial charge in [-0.3, -0.25) is 9.59 Å². The molecule has 1 saturated carbocycles. The number of Topliss-reactive ketones (excluding diaryl/α,β-unsaturated/α-hetero) is 1. The van der Waals surface area contributed by atoms with E-state index in [0.717, 1.165) is 25.1 Å². The van der Waals surface area contributed by atoms with Crippen molar-refractivity contribution in [2.45, 2.75) is 19.3 Å². The minimum Gasteiger partial charge on any atom is -0.355 e. The topological polar surface area (TPSA) is 62.0 Å². The number of aromatic nitrogens is 1. The van der Waals surface area contributed by atoms with E-state index in [-0.39, 0.29) is 23.3 Å². The molecule has 0 aliphatic heterocycles. The van der Waals surface area contributed by atoms with Crippen molar-refractivity contribution in [2.24, 2.45) is 5.92 Å². The quantitative estimate of drug-likeness (QED) is 0.811. The van der Waals surface area contributed by atoms with Crippen LogP contribution in [-0.2, 0) is 4.79 Å². The highest BCUT2D eigenvalue weighted by Crippen LogP contribution is 2.20. The van der Waals surface area contributed by atoms with Gasteiger partial charge < -0.3 is 10.3 Å². The van der Waals surface area contributed by atoms with E-state index in [1.807, 2.05) is 0 Å². The highest BCUT2D eigenvalue weighted by atomic mass is 19.1. The molecule has 4 nitrogen and oxygen atoms in total. The Balaban J connectivity index is 1.86. The molecule has 1 aliphatic carbocycles. The van der Waals surface area contributed by atoms with Gasteiger partial charge in [-0.1, -0.05) is 0 Å². The summed E-state index contributed by atoms with van der Waals surface area (Å²) in [5.41, 5.74) is 0.183. The lowest BCUT2D eigenvalue weighted by Crippen LogP contribution is -2.31. The van der Waals surface area contributed by atoms with E-state index in [2.05, 4.69) is 10.3 Å². The minimum absolute atomic E-state index is 0.0660. The van der Waals surface area contributed by atoms with E-state index < -0.39 is 5.82 Å². The number of aromatic amines is 1. The van der Waals surface area contributed by atoms with Crippen molar-refractivity contribution in [2.75, 3.05) is 6.54 Å². The van der Waals surface area contributed by atoms with E-state index in [1.165, 1.54) is 0 Å². The number of H-pyrrole nitrogens is 1. The van der Waals surface area contributed by atoms with Gasteiger partial charge in [0.1, 0.15) is 17.3 Å². The summed E-state index contributed by atoms with van der Waals surface area (Å²) in [5, 5.41) is 2.63. The Kier molecular flexibility index (Phi) is 3.03. The third-order valence-electron chi connectivity index (χ3n) is 2.83. The average molecular weight is 224 g/mol. The number of hydrogen-bond acceptors (Lipinski definition) is 2. The molecule has 2 N–H and O–H groups in total. The molecule has 86 valence electrons. The van der Waals surface area contributed by atoms with Crippen LogP contribution in [0, 0.1) is 11.7 Å². The van der Waals surface area contributed by atoms with Crippen LogP contribution in [0.3, 0.4) is 0 Å². The minimum atomic E-state index is -0.470. The maximum absolute atomic E-state index is 12.6. The molecule has 1 amide bonds. The van der Waals surface area contributed by atoms with Crippen LogP contribution in [0.5, 0.6) is 0 Å². The number of hydrogen-bond donors (Lipinski definition) is 2. The zero-order valence-corrected chi connectivity index (χ0v) is 8.75. The molecular weight excluding hydrogens is 211 g/mol. The summed E-state index contributed by atoms with van der Waals surface area (Å²) < 4.78 is 12.6. The molecule has 1 atom stereocenters. The van der Waals surface area contributed by atoms with Crippen LogP contribution in [0.1, 0.15) is 29.8 Å². The summed E-state index contributed by atoms with van der Waals surface area (Å²) in [4.78, 5) is 25.3. The van der Waals surface area contributed by atoms with Crippen LogP contribution in [0.25, 0.3) is 0 Å². The molecule has 0 radical (unpaired) electrons. The number of rotatable bonds is 3. The van der Waals surface area contributed by atoms with Gasteiger partial charge in [0.15, 0.2) is 0 Å². The fourth-order valence-corrected chi connectivity index (χ4v) is 1.91. The first kappa shape index (κ1) is 10.9. The van der Waals surface area contributed by atoms with Gasteiger partial charge in [-0.15, -0.1) is 0 Å². The first-order valence-electron chi connectivity index (χ1n) is 5.31. The number of carbonyl (C=O) groups is 2. The van der Waals surface area contributed by atoms with Gasteiger partial charge in [0.2, 0.25) is 0 Å². The molecule has 16 heavy (non-hydrogen) atoms. The van der Waals surface area contributed by atoms with E-state index in [0.29, 0.717) is 13.0 Å². The van der Waals surface area contributed by atoms with Gasteiger partial charge in [-0.05, 0) is 12.8 Å². The van der Waals surface area contributed by atoms with Crippen LogP contribution >= 0.6 is 0 Å². The first-order chi connectivity index (χ1) is 7.66. The lowest BCUT2D eigenvalue weighted by molar-refractivity contribution is -0.120. The van der Waals surface area contributed by atoms with Crippen molar-refractivity contribution < 1.29 is 14.0 Å². The molecule has 1 aromatic rings. The molecule has 1 fully saturated rings. The van der Waals surface area contributed by atoms with Crippen molar-refractivity contribution >= 4 is 11.7 Å². The van der Waals surface area contributed by atoms with Crippen LogP contribution in [-0.4, -0.2) is 23.2 Å². The Labute approximate surface area is 92.2 Å². The SMILES string of the molecule is O=C(NC[C@H]1CCCC1=O)c1cc(F)c[nH]1. The van der Waals surface area contributed by atoms with E-state index in [4.69, 9.17) is 0 Å². The van der Waals surface area contributed by atoms with Gasteiger partial charge in [-0.25, -0.2) is 4.39 Å². The van der Waals surface area contributed by atoms with E-state index in [1.54, 1.807) is 0 Å².